The molecule has 17 heteroatoms. The van der Waals surface area contributed by atoms with Gasteiger partial charge in [-0.15, -0.1) is 0 Å². The molecule has 0 saturated carbocycles. The zero-order chi connectivity index (χ0) is 43.2. The normalized spacial score (nSPS) is 14.3. The SMILES string of the molecule is CC[C@H](CC(=O)[C@H](CSSC[C@H](NC(=O)OC(C)(C)C)C(=O)N[C@@H](CNC(=O)OCC1c2ccccc2-c2ccccc21)C(=O)OC)NC(=O)OC(C)(C)C)C(C)=O. The van der Waals surface area contributed by atoms with Gasteiger partial charge in [0, 0.05) is 29.8 Å². The number of methoxy groups -OCH3 is 1. The van der Waals surface area contributed by atoms with Gasteiger partial charge in [0.25, 0.3) is 0 Å². The summed E-state index contributed by atoms with van der Waals surface area (Å²) in [5, 5.41) is 10.2. The first-order chi connectivity index (χ1) is 27.2. The van der Waals surface area contributed by atoms with E-state index in [1.165, 1.54) is 6.92 Å². The van der Waals surface area contributed by atoms with Crippen molar-refractivity contribution in [3.05, 3.63) is 59.7 Å². The van der Waals surface area contributed by atoms with Crippen LogP contribution in [0.1, 0.15) is 85.3 Å². The molecule has 0 unspecified atom stereocenters. The molecule has 0 spiro atoms. The maximum Gasteiger partial charge on any atom is 0.408 e. The third kappa shape index (κ3) is 15.2. The van der Waals surface area contributed by atoms with Crippen molar-refractivity contribution < 1.29 is 52.5 Å². The molecule has 0 aliphatic heterocycles. The van der Waals surface area contributed by atoms with Gasteiger partial charge in [-0.25, -0.2) is 19.2 Å². The van der Waals surface area contributed by atoms with Gasteiger partial charge in [-0.05, 0) is 77.1 Å². The Kier molecular flexibility index (Phi) is 17.9. The molecule has 0 bridgehead atoms. The highest BCUT2D eigenvalue weighted by Crippen LogP contribution is 2.44. The van der Waals surface area contributed by atoms with Gasteiger partial charge in [-0.3, -0.25) is 14.4 Å². The Morgan fingerprint density at radius 2 is 1.21 bits per heavy atom. The molecule has 4 amide bonds. The number of alkyl carbamates (subject to hydrolysis) is 3. The molecule has 2 aromatic carbocycles. The lowest BCUT2D eigenvalue weighted by atomic mass is 9.93. The van der Waals surface area contributed by atoms with E-state index < -0.39 is 71.9 Å². The average molecular weight is 845 g/mol. The zero-order valence-corrected chi connectivity index (χ0v) is 36.2. The maximum absolute atomic E-state index is 13.7. The van der Waals surface area contributed by atoms with E-state index in [0.717, 1.165) is 51.0 Å². The van der Waals surface area contributed by atoms with E-state index in [4.69, 9.17) is 18.9 Å². The van der Waals surface area contributed by atoms with E-state index in [1.807, 2.05) is 48.5 Å². The Hall–Kier alpha value is -4.77. The molecule has 2 aromatic rings. The molecule has 15 nitrogen and oxygen atoms in total. The summed E-state index contributed by atoms with van der Waals surface area (Å²) in [6, 6.07) is 12.1. The van der Waals surface area contributed by atoms with E-state index >= 15 is 0 Å². The van der Waals surface area contributed by atoms with Gasteiger partial charge in [-0.1, -0.05) is 77.0 Å². The molecule has 1 aliphatic carbocycles. The first-order valence-electron chi connectivity index (χ1n) is 19.0. The number of ether oxygens (including phenoxy) is 4. The number of benzene rings is 2. The van der Waals surface area contributed by atoms with Crippen molar-refractivity contribution in [3.63, 3.8) is 0 Å². The maximum atomic E-state index is 13.7. The Bertz CT molecular complexity index is 1750. The van der Waals surface area contributed by atoms with Crippen LogP contribution in [0.25, 0.3) is 11.1 Å². The quantitative estimate of drug-likeness (QED) is 0.0562. The Labute approximate surface area is 347 Å². The Balaban J connectivity index is 1.67. The summed E-state index contributed by atoms with van der Waals surface area (Å²) in [6.07, 6.45) is -2.17. The minimum Gasteiger partial charge on any atom is -0.467 e. The highest BCUT2D eigenvalue weighted by atomic mass is 33.1. The molecule has 0 aromatic heterocycles. The standard InChI is InChI=1S/C41H56N4O11S2/c1-10-25(24(2)46)19-34(47)32(44-38(51)55-40(3,4)5)22-57-58-23-33(45-39(52)56-41(6,7)8)35(48)43-31(36(49)53-9)20-42-37(50)54-21-30-28-17-13-11-15-26(28)27-16-12-14-18-29(27)30/h11-18,25,30-33H,10,19-23H2,1-9H3,(H,42,50)(H,43,48)(H,44,51)(H,45,52)/t25-,31+,32+,33+/m1/s1. The fraction of sp³-hybridized carbons (Fsp3) is 0.537. The molecule has 0 radical (unpaired) electrons. The predicted octanol–water partition coefficient (Wildman–Crippen LogP) is 5.93. The molecular weight excluding hydrogens is 789 g/mol. The largest absolute Gasteiger partial charge is 0.467 e. The van der Waals surface area contributed by atoms with Crippen molar-refractivity contribution in [2.45, 2.75) is 103 Å². The molecule has 4 N–H and O–H groups in total. The second-order valence-corrected chi connectivity index (χ2v) is 18.2. The van der Waals surface area contributed by atoms with Crippen LogP contribution in [-0.4, -0.2) is 103 Å². The predicted molar refractivity (Wildman–Crippen MR) is 222 cm³/mol. The van der Waals surface area contributed by atoms with Crippen molar-refractivity contribution in [3.8, 4) is 11.1 Å². The summed E-state index contributed by atoms with van der Waals surface area (Å²) in [5.41, 5.74) is 2.45. The lowest BCUT2D eigenvalue weighted by molar-refractivity contribution is -0.145. The van der Waals surface area contributed by atoms with E-state index in [1.54, 1.807) is 48.5 Å². The summed E-state index contributed by atoms with van der Waals surface area (Å²) >= 11 is 0. The highest BCUT2D eigenvalue weighted by Gasteiger charge is 2.32. The molecule has 0 fully saturated rings. The second kappa shape index (κ2) is 21.8. The van der Waals surface area contributed by atoms with E-state index in [9.17, 15) is 33.6 Å². The van der Waals surface area contributed by atoms with Crippen LogP contribution in [-0.2, 0) is 38.1 Å². The lowest BCUT2D eigenvalue weighted by Crippen LogP contribution is -2.56. The van der Waals surface area contributed by atoms with Crippen LogP contribution in [0, 0.1) is 5.92 Å². The summed E-state index contributed by atoms with van der Waals surface area (Å²) < 4.78 is 21.2. The van der Waals surface area contributed by atoms with E-state index in [2.05, 4.69) is 21.3 Å². The number of hydrogen-bond donors (Lipinski definition) is 4. The number of carbonyl (C=O) groups excluding carboxylic acids is 7. The second-order valence-electron chi connectivity index (χ2n) is 15.6. The Morgan fingerprint density at radius 1 is 0.707 bits per heavy atom. The number of amides is 4. The van der Waals surface area contributed by atoms with Gasteiger partial charge in [0.15, 0.2) is 5.78 Å². The van der Waals surface area contributed by atoms with Crippen molar-refractivity contribution in [1.29, 1.82) is 0 Å². The van der Waals surface area contributed by atoms with Crippen LogP contribution in [0.4, 0.5) is 14.4 Å². The molecular formula is C41H56N4O11S2. The lowest BCUT2D eigenvalue weighted by Gasteiger charge is -2.25. The van der Waals surface area contributed by atoms with Gasteiger partial charge in [-0.2, -0.15) is 0 Å². The molecule has 58 heavy (non-hydrogen) atoms. The first-order valence-corrected chi connectivity index (χ1v) is 21.4. The van der Waals surface area contributed by atoms with Crippen molar-refractivity contribution in [1.82, 2.24) is 21.3 Å². The smallest absolute Gasteiger partial charge is 0.408 e. The third-order valence-corrected chi connectivity index (χ3v) is 11.2. The number of ketones is 2. The monoisotopic (exact) mass is 844 g/mol. The van der Waals surface area contributed by atoms with Gasteiger partial charge >= 0.3 is 24.2 Å². The number of hydrogen-bond acceptors (Lipinski definition) is 13. The highest BCUT2D eigenvalue weighted by molar-refractivity contribution is 8.76. The van der Waals surface area contributed by atoms with Gasteiger partial charge in [0.1, 0.15) is 41.7 Å². The molecule has 318 valence electrons. The van der Waals surface area contributed by atoms with E-state index in [-0.39, 0.29) is 42.0 Å². The Morgan fingerprint density at radius 3 is 1.69 bits per heavy atom. The molecule has 0 heterocycles. The topological polar surface area (TPSA) is 205 Å². The number of fused-ring (bicyclic) bond motifs is 3. The van der Waals surface area contributed by atoms with Crippen molar-refractivity contribution in [2.24, 2.45) is 5.92 Å². The minimum absolute atomic E-state index is 0.0293. The molecule has 3 rings (SSSR count). The van der Waals surface area contributed by atoms with Gasteiger partial charge in [0.05, 0.1) is 13.7 Å². The van der Waals surface area contributed by atoms with Crippen LogP contribution in [0.5, 0.6) is 0 Å². The van der Waals surface area contributed by atoms with E-state index in [0.29, 0.717) is 6.42 Å². The number of carbonyl (C=O) groups is 7. The fourth-order valence-corrected chi connectivity index (χ4v) is 8.30. The average Bonchev–Trinajstić information content (AvgIpc) is 3.46. The number of nitrogens with one attached hydrogen (secondary N) is 4. The third-order valence-electron chi connectivity index (χ3n) is 8.75. The molecule has 1 aliphatic rings. The van der Waals surface area contributed by atoms with Crippen molar-refractivity contribution >= 4 is 63.3 Å². The van der Waals surface area contributed by atoms with Crippen LogP contribution >= 0.6 is 21.6 Å². The van der Waals surface area contributed by atoms with Crippen molar-refractivity contribution in [2.75, 3.05) is 31.8 Å². The van der Waals surface area contributed by atoms with Crippen LogP contribution in [0.2, 0.25) is 0 Å². The minimum atomic E-state index is -1.37. The summed E-state index contributed by atoms with van der Waals surface area (Å²) in [4.78, 5) is 90.2. The fourth-order valence-electron chi connectivity index (χ4n) is 5.93. The van der Waals surface area contributed by atoms with Gasteiger partial charge in [0.2, 0.25) is 5.91 Å². The van der Waals surface area contributed by atoms with Gasteiger partial charge < -0.3 is 40.2 Å². The van der Waals surface area contributed by atoms with Crippen LogP contribution in [0.15, 0.2) is 48.5 Å². The summed E-state index contributed by atoms with van der Waals surface area (Å²) in [6.45, 7) is 12.8. The number of Topliss-reactive ketones (excluding diaryl/α,β-unsaturated/α-hetero) is 2. The zero-order valence-electron chi connectivity index (χ0n) is 34.6. The number of rotatable bonds is 19. The molecule has 0 saturated heterocycles. The summed E-state index contributed by atoms with van der Waals surface area (Å²) in [7, 11) is 3.36. The first kappa shape index (κ1) is 47.6. The summed E-state index contributed by atoms with van der Waals surface area (Å²) in [5.74, 6) is -2.93. The molecule has 4 atom stereocenters. The van der Waals surface area contributed by atoms with Crippen LogP contribution < -0.4 is 21.3 Å². The number of esters is 1. The van der Waals surface area contributed by atoms with Crippen LogP contribution in [0.3, 0.4) is 0 Å².